The quantitative estimate of drug-likeness (QED) is 0.357. The predicted molar refractivity (Wildman–Crippen MR) is 163 cm³/mol. The van der Waals surface area contributed by atoms with E-state index in [2.05, 4.69) is 26.5 Å². The summed E-state index contributed by atoms with van der Waals surface area (Å²) in [6.45, 7) is 11.4. The number of amides is 1. The van der Waals surface area contributed by atoms with E-state index >= 15 is 0 Å². The van der Waals surface area contributed by atoms with E-state index in [1.807, 2.05) is 29.7 Å². The molecule has 0 aromatic carbocycles. The maximum Gasteiger partial charge on any atom is 0.280 e. The van der Waals surface area contributed by atoms with Gasteiger partial charge in [-0.05, 0) is 57.6 Å². The van der Waals surface area contributed by atoms with Crippen LogP contribution in [0.5, 0.6) is 0 Å². The molecule has 0 saturated carbocycles. The molecule has 0 bridgehead atoms. The average Bonchev–Trinajstić information content (AvgIpc) is 3.29. The molecule has 0 spiro atoms. The highest BCUT2D eigenvalue weighted by Gasteiger charge is 2.45. The van der Waals surface area contributed by atoms with Gasteiger partial charge in [0.1, 0.15) is 17.6 Å². The minimum Gasteiger partial charge on any atom is -0.377 e. The fraction of sp³-hybridized carbons (Fsp3) is 0.656. The molecule has 4 aliphatic rings. The van der Waals surface area contributed by atoms with Crippen LogP contribution in [0.1, 0.15) is 61.2 Å². The highest BCUT2D eigenvalue weighted by atomic mass is 19.3. The number of ether oxygens (including phenoxy) is 1. The van der Waals surface area contributed by atoms with Crippen LogP contribution >= 0.6 is 0 Å². The van der Waals surface area contributed by atoms with Crippen LogP contribution in [0, 0.1) is 6.92 Å². The molecule has 2 aromatic rings. The second kappa shape index (κ2) is 13.3. The molecule has 6 heterocycles. The van der Waals surface area contributed by atoms with Crippen molar-refractivity contribution in [3.05, 3.63) is 47.4 Å². The molecule has 13 heteroatoms. The molecule has 246 valence electrons. The molecule has 1 amide bonds. The lowest BCUT2D eigenvalue weighted by atomic mass is 9.90. The van der Waals surface area contributed by atoms with E-state index in [1.165, 1.54) is 10.8 Å². The number of aryl methyl sites for hydroxylation is 1. The molecule has 9 nitrogen and oxygen atoms in total. The number of fused-ring (bicyclic) bond motifs is 4. The van der Waals surface area contributed by atoms with Crippen molar-refractivity contribution >= 4 is 17.4 Å². The number of hydrogen-bond acceptors (Lipinski definition) is 7. The number of alkyl halides is 4. The minimum absolute atomic E-state index is 0.0479. The number of pyridine rings is 1. The molecule has 3 unspecified atom stereocenters. The fourth-order valence-corrected chi connectivity index (χ4v) is 7.56. The van der Waals surface area contributed by atoms with Gasteiger partial charge in [-0.3, -0.25) is 14.4 Å². The first-order valence-electron chi connectivity index (χ1n) is 16.1. The first kappa shape index (κ1) is 31.8. The van der Waals surface area contributed by atoms with Gasteiger partial charge in [-0.1, -0.05) is 6.58 Å². The van der Waals surface area contributed by atoms with Gasteiger partial charge in [-0.25, -0.2) is 22.5 Å². The lowest BCUT2D eigenvalue weighted by Gasteiger charge is -2.55. The number of nitrogens with zero attached hydrogens (tertiary/aromatic N) is 7. The lowest BCUT2D eigenvalue weighted by molar-refractivity contribution is -0.128. The van der Waals surface area contributed by atoms with Crippen molar-refractivity contribution in [3.63, 3.8) is 0 Å². The minimum atomic E-state index is -2.72. The summed E-state index contributed by atoms with van der Waals surface area (Å²) in [5.74, 6) is 0.420. The number of aromatic nitrogens is 3. The summed E-state index contributed by atoms with van der Waals surface area (Å²) in [5.41, 5.74) is 2.86. The summed E-state index contributed by atoms with van der Waals surface area (Å²) in [6.07, 6.45) is 0.976. The maximum atomic E-state index is 14.6. The Kier molecular flexibility index (Phi) is 9.37. The molecular weight excluding hydrogens is 590 g/mol. The zero-order valence-electron chi connectivity index (χ0n) is 26.1. The Balaban J connectivity index is 1.26. The van der Waals surface area contributed by atoms with Crippen LogP contribution in [-0.4, -0.2) is 108 Å². The summed E-state index contributed by atoms with van der Waals surface area (Å²) in [7, 11) is 0. The summed E-state index contributed by atoms with van der Waals surface area (Å²) in [5, 5.41) is 4.25. The fourth-order valence-electron chi connectivity index (χ4n) is 7.56. The van der Waals surface area contributed by atoms with E-state index < -0.39 is 18.9 Å². The number of carbonyl (C=O) groups excluding carboxylic acids is 1. The van der Waals surface area contributed by atoms with Gasteiger partial charge >= 0.3 is 0 Å². The number of halogens is 4. The van der Waals surface area contributed by atoms with Crippen molar-refractivity contribution in [1.82, 2.24) is 24.6 Å². The highest BCUT2D eigenvalue weighted by Crippen LogP contribution is 2.43. The van der Waals surface area contributed by atoms with E-state index in [-0.39, 0.29) is 36.9 Å². The summed E-state index contributed by atoms with van der Waals surface area (Å²) >= 11 is 0. The Morgan fingerprint density at radius 2 is 1.84 bits per heavy atom. The van der Waals surface area contributed by atoms with Gasteiger partial charge in [-0.2, -0.15) is 5.10 Å². The zero-order chi connectivity index (χ0) is 31.8. The molecule has 2 aromatic heterocycles. The van der Waals surface area contributed by atoms with Crippen molar-refractivity contribution in [2.24, 2.45) is 0 Å². The molecular formula is C32H43F4N7O2. The van der Waals surface area contributed by atoms with Gasteiger partial charge < -0.3 is 19.4 Å². The number of carbonyl (C=O) groups is 1. The Labute approximate surface area is 261 Å². The topological polar surface area (TPSA) is 70.0 Å². The van der Waals surface area contributed by atoms with Gasteiger partial charge in [0.25, 0.3) is 12.9 Å². The second-order valence-electron chi connectivity index (χ2n) is 12.7. The number of hydrogen-bond donors (Lipinski definition) is 0. The van der Waals surface area contributed by atoms with Crippen LogP contribution in [-0.2, 0) is 22.4 Å². The number of rotatable bonds is 5. The zero-order valence-corrected chi connectivity index (χ0v) is 26.1. The predicted octanol–water partition coefficient (Wildman–Crippen LogP) is 4.41. The summed E-state index contributed by atoms with van der Waals surface area (Å²) in [4.78, 5) is 25.2. The van der Waals surface area contributed by atoms with E-state index in [0.29, 0.717) is 56.3 Å². The standard InChI is InChI=1S/C32H43F4N7O2/c1-4-29(44)40-12-10-39(11-13-40)26-18-42-24(26)7-5-6-22-25(42)16-28(38-30(22)32(35)36)41-14-15-45-19-27(31(33)34)43-23(9-8-21(41)3)20(2)17-37-43/h4,16-17,21,24,26-27,31-32H,1,5-15,18-19H2,2-3H3/t21?,24?,26-,27?/m1/s1. The highest BCUT2D eigenvalue weighted by molar-refractivity contribution is 5.87. The van der Waals surface area contributed by atoms with Crippen molar-refractivity contribution in [2.45, 2.75) is 83.0 Å². The molecule has 4 atom stereocenters. The first-order valence-corrected chi connectivity index (χ1v) is 16.1. The van der Waals surface area contributed by atoms with E-state index in [9.17, 15) is 22.4 Å². The van der Waals surface area contributed by atoms with E-state index in [4.69, 9.17) is 4.74 Å². The number of anilines is 2. The maximum absolute atomic E-state index is 14.6. The molecule has 2 saturated heterocycles. The van der Waals surface area contributed by atoms with Gasteiger partial charge in [0.2, 0.25) is 5.91 Å². The van der Waals surface area contributed by atoms with Crippen LogP contribution in [0.4, 0.5) is 29.1 Å². The van der Waals surface area contributed by atoms with Crippen molar-refractivity contribution in [2.75, 3.05) is 62.3 Å². The van der Waals surface area contributed by atoms with Crippen LogP contribution in [0.25, 0.3) is 0 Å². The third kappa shape index (κ3) is 6.17. The van der Waals surface area contributed by atoms with Gasteiger partial charge in [-0.15, -0.1) is 0 Å². The summed E-state index contributed by atoms with van der Waals surface area (Å²) < 4.78 is 64.5. The lowest BCUT2D eigenvalue weighted by Crippen LogP contribution is -2.69. The largest absolute Gasteiger partial charge is 0.377 e. The van der Waals surface area contributed by atoms with Crippen molar-refractivity contribution in [1.29, 1.82) is 0 Å². The first-order chi connectivity index (χ1) is 21.7. The van der Waals surface area contributed by atoms with Crippen molar-refractivity contribution < 1.29 is 27.1 Å². The Morgan fingerprint density at radius 3 is 2.56 bits per heavy atom. The monoisotopic (exact) mass is 633 g/mol. The molecule has 4 aliphatic heterocycles. The van der Waals surface area contributed by atoms with Gasteiger partial charge in [0, 0.05) is 80.4 Å². The molecule has 45 heavy (non-hydrogen) atoms. The molecule has 2 fully saturated rings. The normalized spacial score (nSPS) is 26.4. The van der Waals surface area contributed by atoms with E-state index in [1.54, 1.807) is 6.20 Å². The smallest absolute Gasteiger partial charge is 0.280 e. The number of piperazine rings is 1. The van der Waals surface area contributed by atoms with Gasteiger partial charge in [0.05, 0.1) is 19.4 Å². The third-order valence-corrected chi connectivity index (χ3v) is 10.2. The average molecular weight is 634 g/mol. The van der Waals surface area contributed by atoms with E-state index in [0.717, 1.165) is 49.4 Å². The van der Waals surface area contributed by atoms with Crippen LogP contribution in [0.2, 0.25) is 0 Å². The SMILES string of the molecule is C=CC(=O)N1CCN([C@@H]2CN3c4cc(N5CCOCC(C(F)F)n6ncc(C)c6CCC5C)nc(C(F)F)c4CCCC23)CC1. The molecule has 0 aliphatic carbocycles. The molecule has 6 rings (SSSR count). The Hall–Kier alpha value is -3.19. The second-order valence-corrected chi connectivity index (χ2v) is 12.7. The van der Waals surface area contributed by atoms with Crippen LogP contribution in [0.3, 0.4) is 0 Å². The third-order valence-electron chi connectivity index (χ3n) is 10.2. The van der Waals surface area contributed by atoms with Crippen LogP contribution in [0.15, 0.2) is 24.9 Å². The summed E-state index contributed by atoms with van der Waals surface area (Å²) in [6, 6.07) is 1.16. The van der Waals surface area contributed by atoms with Crippen LogP contribution < -0.4 is 9.80 Å². The molecule has 0 N–H and O–H groups in total. The Morgan fingerprint density at radius 1 is 1.07 bits per heavy atom. The van der Waals surface area contributed by atoms with Gasteiger partial charge in [0.15, 0.2) is 0 Å². The molecule has 0 radical (unpaired) electrons. The van der Waals surface area contributed by atoms with Crippen molar-refractivity contribution in [3.8, 4) is 0 Å². The Bertz CT molecular complexity index is 1380.